The SMILES string of the molecule is CCOC(=O)CCCCC1CC(F)(F)CN1C(=O)OC(C)(C)C. The number of esters is 1. The molecule has 0 aliphatic carbocycles. The monoisotopic (exact) mass is 335 g/mol. The lowest BCUT2D eigenvalue weighted by Crippen LogP contribution is -2.40. The van der Waals surface area contributed by atoms with Crippen LogP contribution in [0.1, 0.15) is 59.8 Å². The molecule has 1 saturated heterocycles. The van der Waals surface area contributed by atoms with Crippen LogP contribution in [0.2, 0.25) is 0 Å². The van der Waals surface area contributed by atoms with Gasteiger partial charge in [-0.3, -0.25) is 9.69 Å². The molecule has 0 aromatic heterocycles. The summed E-state index contributed by atoms with van der Waals surface area (Å²) in [5.41, 5.74) is -0.719. The van der Waals surface area contributed by atoms with Crippen molar-refractivity contribution >= 4 is 12.1 Å². The Morgan fingerprint density at radius 2 is 1.91 bits per heavy atom. The third kappa shape index (κ3) is 7.14. The molecule has 0 spiro atoms. The zero-order chi connectivity index (χ0) is 17.7. The summed E-state index contributed by atoms with van der Waals surface area (Å²) in [4.78, 5) is 24.4. The number of hydrogen-bond acceptors (Lipinski definition) is 4. The van der Waals surface area contributed by atoms with Gasteiger partial charge in [0.05, 0.1) is 13.2 Å². The van der Waals surface area contributed by atoms with E-state index >= 15 is 0 Å². The second kappa shape index (κ2) is 7.93. The van der Waals surface area contributed by atoms with Crippen molar-refractivity contribution in [2.45, 2.75) is 77.4 Å². The Balaban J connectivity index is 2.50. The maximum absolute atomic E-state index is 13.7. The first-order chi connectivity index (χ1) is 10.5. The molecule has 0 aromatic carbocycles. The molecule has 0 N–H and O–H groups in total. The molecule has 1 heterocycles. The molecule has 0 aromatic rings. The third-order valence-corrected chi connectivity index (χ3v) is 3.48. The Bertz CT molecular complexity index is 421. The van der Waals surface area contributed by atoms with Gasteiger partial charge in [-0.2, -0.15) is 0 Å². The lowest BCUT2D eigenvalue weighted by Gasteiger charge is -2.28. The van der Waals surface area contributed by atoms with E-state index in [-0.39, 0.29) is 18.8 Å². The lowest BCUT2D eigenvalue weighted by molar-refractivity contribution is -0.143. The van der Waals surface area contributed by atoms with Crippen LogP contribution in [0.5, 0.6) is 0 Å². The van der Waals surface area contributed by atoms with E-state index < -0.39 is 30.2 Å². The quantitative estimate of drug-likeness (QED) is 0.548. The number of halogens is 2. The van der Waals surface area contributed by atoms with E-state index in [1.54, 1.807) is 27.7 Å². The highest BCUT2D eigenvalue weighted by atomic mass is 19.3. The first-order valence-electron chi connectivity index (χ1n) is 8.07. The molecule has 1 aliphatic rings. The molecule has 1 rings (SSSR count). The van der Waals surface area contributed by atoms with Gasteiger partial charge < -0.3 is 9.47 Å². The molecule has 1 amide bonds. The largest absolute Gasteiger partial charge is 0.466 e. The Kier molecular flexibility index (Phi) is 6.77. The van der Waals surface area contributed by atoms with Crippen LogP contribution in [-0.4, -0.2) is 47.7 Å². The van der Waals surface area contributed by atoms with Crippen molar-refractivity contribution in [2.24, 2.45) is 0 Å². The molecular weight excluding hydrogens is 308 g/mol. The fourth-order valence-electron chi connectivity index (χ4n) is 2.57. The molecule has 1 fully saturated rings. The van der Waals surface area contributed by atoms with Crippen LogP contribution in [-0.2, 0) is 14.3 Å². The van der Waals surface area contributed by atoms with E-state index in [1.165, 1.54) is 0 Å². The van der Waals surface area contributed by atoms with Gasteiger partial charge in [0, 0.05) is 18.9 Å². The number of rotatable bonds is 6. The van der Waals surface area contributed by atoms with Gasteiger partial charge in [-0.1, -0.05) is 6.42 Å². The van der Waals surface area contributed by atoms with Crippen molar-refractivity contribution in [3.8, 4) is 0 Å². The topological polar surface area (TPSA) is 55.8 Å². The molecule has 0 bridgehead atoms. The van der Waals surface area contributed by atoms with Crippen molar-refractivity contribution in [1.82, 2.24) is 4.90 Å². The Labute approximate surface area is 136 Å². The number of nitrogens with zero attached hydrogens (tertiary/aromatic N) is 1. The maximum atomic E-state index is 13.7. The fraction of sp³-hybridized carbons (Fsp3) is 0.875. The highest BCUT2D eigenvalue weighted by Crippen LogP contribution is 2.35. The first kappa shape index (κ1) is 19.6. The second-order valence-electron chi connectivity index (χ2n) is 6.87. The number of unbranched alkanes of at least 4 members (excludes halogenated alkanes) is 1. The second-order valence-corrected chi connectivity index (χ2v) is 6.87. The maximum Gasteiger partial charge on any atom is 0.410 e. The summed E-state index contributed by atoms with van der Waals surface area (Å²) < 4.78 is 37.3. The summed E-state index contributed by atoms with van der Waals surface area (Å²) in [6.07, 6.45) is 0.774. The van der Waals surface area contributed by atoms with Gasteiger partial charge in [-0.05, 0) is 40.5 Å². The van der Waals surface area contributed by atoms with E-state index in [1.807, 2.05) is 0 Å². The Morgan fingerprint density at radius 1 is 1.26 bits per heavy atom. The number of ether oxygens (including phenoxy) is 2. The van der Waals surface area contributed by atoms with Crippen LogP contribution in [0, 0.1) is 0 Å². The van der Waals surface area contributed by atoms with E-state index in [9.17, 15) is 18.4 Å². The van der Waals surface area contributed by atoms with Crippen LogP contribution in [0.4, 0.5) is 13.6 Å². The number of carbonyl (C=O) groups excluding carboxylic acids is 2. The van der Waals surface area contributed by atoms with Crippen molar-refractivity contribution in [1.29, 1.82) is 0 Å². The van der Waals surface area contributed by atoms with Crippen LogP contribution in [0.25, 0.3) is 0 Å². The third-order valence-electron chi connectivity index (χ3n) is 3.48. The van der Waals surface area contributed by atoms with Gasteiger partial charge in [0.1, 0.15) is 5.60 Å². The van der Waals surface area contributed by atoms with E-state index in [0.717, 1.165) is 4.90 Å². The lowest BCUT2D eigenvalue weighted by atomic mass is 10.1. The number of likely N-dealkylation sites (tertiary alicyclic amines) is 1. The molecule has 1 aliphatic heterocycles. The van der Waals surface area contributed by atoms with Crippen molar-refractivity contribution in [3.63, 3.8) is 0 Å². The van der Waals surface area contributed by atoms with E-state index in [0.29, 0.717) is 25.9 Å². The van der Waals surface area contributed by atoms with Gasteiger partial charge in [0.25, 0.3) is 5.92 Å². The van der Waals surface area contributed by atoms with Gasteiger partial charge in [0.2, 0.25) is 0 Å². The molecule has 134 valence electrons. The molecule has 1 unspecified atom stereocenters. The zero-order valence-corrected chi connectivity index (χ0v) is 14.4. The number of alkyl halides is 2. The van der Waals surface area contributed by atoms with E-state index in [2.05, 4.69) is 0 Å². The molecule has 5 nitrogen and oxygen atoms in total. The average Bonchev–Trinajstić information content (AvgIpc) is 2.68. The number of amides is 1. The van der Waals surface area contributed by atoms with Crippen LogP contribution in [0.15, 0.2) is 0 Å². The molecule has 1 atom stereocenters. The van der Waals surface area contributed by atoms with Gasteiger partial charge in [0.15, 0.2) is 0 Å². The molecular formula is C16H27F2NO4. The standard InChI is InChI=1S/C16H27F2NO4/c1-5-22-13(20)9-7-6-8-12-10-16(17,18)11-19(12)14(21)23-15(2,3)4/h12H,5-11H2,1-4H3. The first-order valence-corrected chi connectivity index (χ1v) is 8.07. The fourth-order valence-corrected chi connectivity index (χ4v) is 2.57. The predicted octanol–water partition coefficient (Wildman–Crippen LogP) is 3.75. The summed E-state index contributed by atoms with van der Waals surface area (Å²) in [5.74, 6) is -3.17. The van der Waals surface area contributed by atoms with Crippen molar-refractivity contribution in [2.75, 3.05) is 13.2 Å². The summed E-state index contributed by atoms with van der Waals surface area (Å²) in [6.45, 7) is 6.57. The zero-order valence-electron chi connectivity index (χ0n) is 14.4. The van der Waals surface area contributed by atoms with Crippen LogP contribution >= 0.6 is 0 Å². The average molecular weight is 335 g/mol. The van der Waals surface area contributed by atoms with Crippen molar-refractivity contribution in [3.05, 3.63) is 0 Å². The van der Waals surface area contributed by atoms with Crippen molar-refractivity contribution < 1.29 is 27.8 Å². The van der Waals surface area contributed by atoms with E-state index in [4.69, 9.17) is 9.47 Å². The smallest absolute Gasteiger partial charge is 0.410 e. The highest BCUT2D eigenvalue weighted by molar-refractivity contribution is 5.69. The Morgan fingerprint density at radius 3 is 2.48 bits per heavy atom. The Hall–Kier alpha value is -1.40. The summed E-state index contributed by atoms with van der Waals surface area (Å²) in [7, 11) is 0. The van der Waals surface area contributed by atoms with Gasteiger partial charge in [-0.15, -0.1) is 0 Å². The van der Waals surface area contributed by atoms with Gasteiger partial charge in [-0.25, -0.2) is 13.6 Å². The molecule has 0 radical (unpaired) electrons. The molecule has 23 heavy (non-hydrogen) atoms. The summed E-state index contributed by atoms with van der Waals surface area (Å²) in [6, 6.07) is -0.554. The minimum atomic E-state index is -2.89. The summed E-state index contributed by atoms with van der Waals surface area (Å²) in [5, 5.41) is 0. The molecule has 7 heteroatoms. The minimum absolute atomic E-state index is 0.267. The number of carbonyl (C=O) groups is 2. The normalized spacial score (nSPS) is 20.4. The summed E-state index contributed by atoms with van der Waals surface area (Å²) >= 11 is 0. The minimum Gasteiger partial charge on any atom is -0.466 e. The van der Waals surface area contributed by atoms with Gasteiger partial charge >= 0.3 is 12.1 Å². The highest BCUT2D eigenvalue weighted by Gasteiger charge is 2.47. The van der Waals surface area contributed by atoms with Crippen LogP contribution in [0.3, 0.4) is 0 Å². The molecule has 0 saturated carbocycles. The van der Waals surface area contributed by atoms with Crippen LogP contribution < -0.4 is 0 Å². The number of hydrogen-bond donors (Lipinski definition) is 0. The predicted molar refractivity (Wildman–Crippen MR) is 81.4 cm³/mol.